The van der Waals surface area contributed by atoms with E-state index in [0.717, 1.165) is 26.9 Å². The minimum Gasteiger partial charge on any atom is -0.508 e. The van der Waals surface area contributed by atoms with Crippen LogP contribution < -0.4 is 4.74 Å². The largest absolute Gasteiger partial charge is 0.508 e. The van der Waals surface area contributed by atoms with Gasteiger partial charge in [-0.2, -0.15) is 0 Å². The van der Waals surface area contributed by atoms with E-state index in [-0.39, 0.29) is 5.75 Å². The smallest absolute Gasteiger partial charge is 0.144 e. The Morgan fingerprint density at radius 1 is 1.00 bits per heavy atom. The third kappa shape index (κ3) is 1.97. The zero-order valence-corrected chi connectivity index (χ0v) is 10.7. The van der Waals surface area contributed by atoms with Gasteiger partial charge in [0.25, 0.3) is 0 Å². The molecular weight excluding hydrogens is 244 g/mol. The normalized spacial score (nSPS) is 14.1. The Morgan fingerprint density at radius 3 is 2.50 bits per heavy atom. The SMILES string of the molecule is CC1=C(c2ccc(O)cc2)Oc2ccccc2S1. The van der Waals surface area contributed by atoms with E-state index in [1.54, 1.807) is 23.9 Å². The maximum atomic E-state index is 9.32. The van der Waals surface area contributed by atoms with Crippen molar-refractivity contribution in [1.29, 1.82) is 0 Å². The average Bonchev–Trinajstić information content (AvgIpc) is 2.39. The number of phenolic OH excluding ortho intramolecular Hbond substituents is 1. The fourth-order valence-corrected chi connectivity index (χ4v) is 2.83. The number of thioether (sulfide) groups is 1. The number of ether oxygens (including phenoxy) is 1. The number of benzene rings is 2. The van der Waals surface area contributed by atoms with Gasteiger partial charge in [0.05, 0.1) is 4.90 Å². The molecule has 0 unspecified atom stereocenters. The topological polar surface area (TPSA) is 29.5 Å². The van der Waals surface area contributed by atoms with Crippen molar-refractivity contribution in [1.82, 2.24) is 0 Å². The molecule has 3 heteroatoms. The number of rotatable bonds is 1. The summed E-state index contributed by atoms with van der Waals surface area (Å²) in [5.74, 6) is 2.01. The molecule has 0 radical (unpaired) electrons. The molecule has 1 aliphatic heterocycles. The van der Waals surface area contributed by atoms with Crippen molar-refractivity contribution in [2.24, 2.45) is 0 Å². The molecule has 18 heavy (non-hydrogen) atoms. The zero-order valence-electron chi connectivity index (χ0n) is 9.88. The van der Waals surface area contributed by atoms with E-state index in [2.05, 4.69) is 6.07 Å². The highest BCUT2D eigenvalue weighted by atomic mass is 32.2. The first-order chi connectivity index (χ1) is 8.74. The van der Waals surface area contributed by atoms with Crippen LogP contribution in [0.1, 0.15) is 12.5 Å². The molecule has 0 fully saturated rings. The number of para-hydroxylation sites is 1. The van der Waals surface area contributed by atoms with Crippen molar-refractivity contribution in [2.45, 2.75) is 11.8 Å². The lowest BCUT2D eigenvalue weighted by atomic mass is 10.1. The van der Waals surface area contributed by atoms with Gasteiger partial charge >= 0.3 is 0 Å². The van der Waals surface area contributed by atoms with Crippen LogP contribution in [0.5, 0.6) is 11.5 Å². The molecule has 0 aromatic heterocycles. The average molecular weight is 256 g/mol. The summed E-state index contributed by atoms with van der Waals surface area (Å²) in [5.41, 5.74) is 0.979. The van der Waals surface area contributed by atoms with Gasteiger partial charge in [-0.15, -0.1) is 0 Å². The Morgan fingerprint density at radius 2 is 1.72 bits per heavy atom. The number of fused-ring (bicyclic) bond motifs is 1. The second kappa shape index (κ2) is 4.42. The van der Waals surface area contributed by atoms with Crippen molar-refractivity contribution >= 4 is 17.5 Å². The first-order valence-corrected chi connectivity index (χ1v) is 6.51. The van der Waals surface area contributed by atoms with Crippen LogP contribution in [0.4, 0.5) is 0 Å². The van der Waals surface area contributed by atoms with Crippen LogP contribution in [0.3, 0.4) is 0 Å². The molecule has 0 spiro atoms. The fourth-order valence-electron chi connectivity index (χ4n) is 1.89. The molecular formula is C15H12O2S. The summed E-state index contributed by atoms with van der Waals surface area (Å²) in [7, 11) is 0. The predicted octanol–water partition coefficient (Wildman–Crippen LogP) is 4.27. The van der Waals surface area contributed by atoms with E-state index < -0.39 is 0 Å². The number of allylic oxidation sites excluding steroid dienone is 1. The van der Waals surface area contributed by atoms with Crippen molar-refractivity contribution in [3.63, 3.8) is 0 Å². The highest BCUT2D eigenvalue weighted by Crippen LogP contribution is 2.43. The summed E-state index contributed by atoms with van der Waals surface area (Å²) < 4.78 is 5.95. The van der Waals surface area contributed by atoms with E-state index >= 15 is 0 Å². The first kappa shape index (κ1) is 11.2. The maximum absolute atomic E-state index is 9.32. The predicted molar refractivity (Wildman–Crippen MR) is 73.6 cm³/mol. The lowest BCUT2D eigenvalue weighted by molar-refractivity contribution is 0.474. The van der Waals surface area contributed by atoms with Gasteiger partial charge in [0, 0.05) is 10.5 Å². The molecule has 0 amide bonds. The summed E-state index contributed by atoms with van der Waals surface area (Å²) in [5, 5.41) is 9.32. The van der Waals surface area contributed by atoms with Crippen LogP contribution in [0, 0.1) is 0 Å². The molecule has 2 nitrogen and oxygen atoms in total. The van der Waals surface area contributed by atoms with Crippen LogP contribution >= 0.6 is 11.8 Å². The second-order valence-electron chi connectivity index (χ2n) is 4.08. The van der Waals surface area contributed by atoms with Crippen LogP contribution in [0.2, 0.25) is 0 Å². The highest BCUT2D eigenvalue weighted by Gasteiger charge is 2.18. The molecule has 0 aliphatic carbocycles. The van der Waals surface area contributed by atoms with Crippen LogP contribution in [0.25, 0.3) is 5.76 Å². The van der Waals surface area contributed by atoms with Gasteiger partial charge in [-0.3, -0.25) is 0 Å². The Labute approximate surface area is 110 Å². The van der Waals surface area contributed by atoms with Crippen molar-refractivity contribution in [3.05, 3.63) is 59.0 Å². The minimum absolute atomic E-state index is 0.265. The van der Waals surface area contributed by atoms with E-state index in [4.69, 9.17) is 4.74 Å². The van der Waals surface area contributed by atoms with Crippen molar-refractivity contribution in [2.75, 3.05) is 0 Å². The van der Waals surface area contributed by atoms with Gasteiger partial charge in [-0.25, -0.2) is 0 Å². The molecule has 2 aromatic rings. The lowest BCUT2D eigenvalue weighted by Crippen LogP contribution is -2.02. The summed E-state index contributed by atoms with van der Waals surface area (Å²) >= 11 is 1.71. The Balaban J connectivity index is 2.01. The van der Waals surface area contributed by atoms with E-state index in [1.807, 2.05) is 37.3 Å². The maximum Gasteiger partial charge on any atom is 0.144 e. The molecule has 1 N–H and O–H groups in total. The van der Waals surface area contributed by atoms with Gasteiger partial charge in [0.1, 0.15) is 17.3 Å². The number of hydrogen-bond acceptors (Lipinski definition) is 3. The van der Waals surface area contributed by atoms with Crippen molar-refractivity contribution < 1.29 is 9.84 Å². The third-order valence-electron chi connectivity index (χ3n) is 2.77. The number of aromatic hydroxyl groups is 1. The Hall–Kier alpha value is -1.87. The molecule has 0 bridgehead atoms. The molecule has 2 aromatic carbocycles. The van der Waals surface area contributed by atoms with Crippen molar-refractivity contribution in [3.8, 4) is 11.5 Å². The number of phenols is 1. The van der Waals surface area contributed by atoms with Gasteiger partial charge in [-0.1, -0.05) is 23.9 Å². The van der Waals surface area contributed by atoms with Crippen LogP contribution in [-0.2, 0) is 0 Å². The molecule has 0 atom stereocenters. The van der Waals surface area contributed by atoms with Gasteiger partial charge in [-0.05, 0) is 43.3 Å². The van der Waals surface area contributed by atoms with E-state index in [0.29, 0.717) is 0 Å². The zero-order chi connectivity index (χ0) is 12.5. The quantitative estimate of drug-likeness (QED) is 0.826. The molecule has 1 heterocycles. The van der Waals surface area contributed by atoms with Crippen LogP contribution in [-0.4, -0.2) is 5.11 Å². The second-order valence-corrected chi connectivity index (χ2v) is 5.34. The lowest BCUT2D eigenvalue weighted by Gasteiger charge is -2.21. The van der Waals surface area contributed by atoms with Gasteiger partial charge < -0.3 is 9.84 Å². The summed E-state index contributed by atoms with van der Waals surface area (Å²) in [6.07, 6.45) is 0. The summed E-state index contributed by atoms with van der Waals surface area (Å²) in [6, 6.07) is 15.1. The molecule has 3 rings (SSSR count). The van der Waals surface area contributed by atoms with E-state index in [1.165, 1.54) is 0 Å². The molecule has 0 saturated heterocycles. The number of hydrogen-bond donors (Lipinski definition) is 1. The highest BCUT2D eigenvalue weighted by molar-refractivity contribution is 8.03. The minimum atomic E-state index is 0.265. The molecule has 0 saturated carbocycles. The molecule has 90 valence electrons. The standard InChI is InChI=1S/C15H12O2S/c1-10-15(11-6-8-12(16)9-7-11)17-13-4-2-3-5-14(13)18-10/h2-9,16H,1H3. The monoisotopic (exact) mass is 256 g/mol. The van der Waals surface area contributed by atoms with E-state index in [9.17, 15) is 5.11 Å². The fraction of sp³-hybridized carbons (Fsp3) is 0.0667. The Kier molecular flexibility index (Phi) is 2.76. The Bertz CT molecular complexity index is 615. The molecule has 1 aliphatic rings. The van der Waals surface area contributed by atoms with Crippen LogP contribution in [0.15, 0.2) is 58.3 Å². The summed E-state index contributed by atoms with van der Waals surface area (Å²) in [6.45, 7) is 2.04. The first-order valence-electron chi connectivity index (χ1n) is 5.69. The third-order valence-corrected chi connectivity index (χ3v) is 3.82. The summed E-state index contributed by atoms with van der Waals surface area (Å²) in [4.78, 5) is 2.26. The van der Waals surface area contributed by atoms with Gasteiger partial charge in [0.2, 0.25) is 0 Å². The van der Waals surface area contributed by atoms with Gasteiger partial charge in [0.15, 0.2) is 0 Å².